The summed E-state index contributed by atoms with van der Waals surface area (Å²) in [5, 5.41) is 8.20. The Kier molecular flexibility index (Phi) is 9.91. The Labute approximate surface area is 179 Å². The van der Waals surface area contributed by atoms with Crippen LogP contribution in [0.3, 0.4) is 0 Å². The molecule has 0 atom stereocenters. The summed E-state index contributed by atoms with van der Waals surface area (Å²) in [5.74, 6) is 1.93. The summed E-state index contributed by atoms with van der Waals surface area (Å²) in [6.45, 7) is 4.97. The third kappa shape index (κ3) is 8.27. The molecule has 0 saturated heterocycles. The lowest BCUT2D eigenvalue weighted by Gasteiger charge is -2.26. The molecule has 30 heavy (non-hydrogen) atoms. The van der Waals surface area contributed by atoms with Crippen molar-refractivity contribution >= 4 is 17.6 Å². The lowest BCUT2D eigenvalue weighted by Crippen LogP contribution is -2.31. The molecule has 0 unspecified atom stereocenters. The van der Waals surface area contributed by atoms with Gasteiger partial charge in [-0.2, -0.15) is 0 Å². The number of benzene rings is 1. The average molecular weight is 415 g/mol. The summed E-state index contributed by atoms with van der Waals surface area (Å²) in [6, 6.07) is 7.36. The molecule has 1 fully saturated rings. The third-order valence-corrected chi connectivity index (χ3v) is 5.38. The molecule has 0 heterocycles. The zero-order valence-electron chi connectivity index (χ0n) is 17.6. The van der Waals surface area contributed by atoms with Gasteiger partial charge in [0.25, 0.3) is 0 Å². The number of amidine groups is 1. The molecule has 1 amide bonds. The molecule has 7 heteroatoms. The highest BCUT2D eigenvalue weighted by atomic mass is 16.5. The predicted molar refractivity (Wildman–Crippen MR) is 120 cm³/mol. The molecule has 0 radical (unpaired) electrons. The molecule has 5 N–H and O–H groups in total. The van der Waals surface area contributed by atoms with Crippen molar-refractivity contribution in [2.75, 3.05) is 13.2 Å². The summed E-state index contributed by atoms with van der Waals surface area (Å²) < 4.78 is 11.5. The third-order valence-electron chi connectivity index (χ3n) is 5.38. The van der Waals surface area contributed by atoms with Crippen molar-refractivity contribution < 1.29 is 14.3 Å². The van der Waals surface area contributed by atoms with Gasteiger partial charge in [-0.3, -0.25) is 15.2 Å². The number of unbranched alkanes of at least 4 members (excludes halogenated alkanes) is 3. The minimum atomic E-state index is -0.237. The highest BCUT2D eigenvalue weighted by molar-refractivity contribution is 5.90. The molecule has 7 nitrogen and oxygen atoms in total. The fourth-order valence-corrected chi connectivity index (χ4v) is 3.48. The van der Waals surface area contributed by atoms with Crippen molar-refractivity contribution in [3.05, 3.63) is 36.9 Å². The van der Waals surface area contributed by atoms with Crippen LogP contribution in [-0.2, 0) is 4.79 Å². The van der Waals surface area contributed by atoms with Crippen molar-refractivity contribution in [1.82, 2.24) is 0 Å². The first-order chi connectivity index (χ1) is 14.5. The summed E-state index contributed by atoms with van der Waals surface area (Å²) in [7, 11) is 0. The zero-order chi connectivity index (χ0) is 21.8. The van der Waals surface area contributed by atoms with E-state index in [1.54, 1.807) is 6.08 Å². The van der Waals surface area contributed by atoms with Crippen molar-refractivity contribution in [3.8, 4) is 11.5 Å². The second-order valence-electron chi connectivity index (χ2n) is 7.66. The van der Waals surface area contributed by atoms with Crippen LogP contribution in [0.15, 0.2) is 41.9 Å². The second kappa shape index (κ2) is 12.7. The molecule has 0 bridgehead atoms. The molecular formula is C23H34N4O3. The molecule has 1 saturated carbocycles. The van der Waals surface area contributed by atoms with Crippen LogP contribution in [0.1, 0.15) is 51.4 Å². The minimum absolute atomic E-state index is 0.0513. The Morgan fingerprint density at radius 2 is 1.63 bits per heavy atom. The highest BCUT2D eigenvalue weighted by Crippen LogP contribution is 2.30. The first-order valence-corrected chi connectivity index (χ1v) is 10.7. The molecule has 1 aliphatic rings. The Morgan fingerprint density at radius 3 is 2.27 bits per heavy atom. The maximum atomic E-state index is 11.3. The molecule has 2 rings (SSSR count). The number of carbonyl (C=O) groups excluding carboxylic acids is 1. The first-order valence-electron chi connectivity index (χ1n) is 10.7. The lowest BCUT2D eigenvalue weighted by molar-refractivity contribution is -0.122. The fourth-order valence-electron chi connectivity index (χ4n) is 3.48. The number of ether oxygens (including phenoxy) is 2. The number of aliphatic imine (C=N–C) groups is 1. The van der Waals surface area contributed by atoms with Gasteiger partial charge in [0.1, 0.15) is 17.3 Å². The number of hydrogen-bond acceptors (Lipinski definition) is 5. The normalized spacial score (nSPS) is 19.1. The zero-order valence-corrected chi connectivity index (χ0v) is 17.6. The smallest absolute Gasteiger partial charge is 0.220 e. The van der Waals surface area contributed by atoms with Gasteiger partial charge < -0.3 is 20.9 Å². The van der Waals surface area contributed by atoms with Gasteiger partial charge in [-0.15, -0.1) is 0 Å². The number of carbonyl (C=O) groups is 1. The van der Waals surface area contributed by atoms with Crippen LogP contribution in [0.4, 0.5) is 0 Å². The quantitative estimate of drug-likeness (QED) is 0.273. The van der Waals surface area contributed by atoms with E-state index in [1.165, 1.54) is 0 Å². The molecule has 0 aliphatic heterocycles. The van der Waals surface area contributed by atoms with Crippen LogP contribution in [0.5, 0.6) is 11.5 Å². The summed E-state index contributed by atoms with van der Waals surface area (Å²) in [6.07, 6.45) is 8.72. The van der Waals surface area contributed by atoms with Crippen LogP contribution in [0.2, 0.25) is 0 Å². The molecule has 1 aromatic carbocycles. The van der Waals surface area contributed by atoms with Crippen LogP contribution in [0, 0.1) is 17.2 Å². The number of primary amides is 1. The number of nitrogens with one attached hydrogen (secondary N) is 1. The van der Waals surface area contributed by atoms with Gasteiger partial charge in [0, 0.05) is 18.4 Å². The van der Waals surface area contributed by atoms with Crippen molar-refractivity contribution in [1.29, 1.82) is 5.41 Å². The molecule has 1 aromatic rings. The minimum Gasteiger partial charge on any atom is -0.494 e. The van der Waals surface area contributed by atoms with Gasteiger partial charge in [-0.25, -0.2) is 0 Å². The molecule has 0 spiro atoms. The van der Waals surface area contributed by atoms with E-state index in [9.17, 15) is 4.79 Å². The van der Waals surface area contributed by atoms with Gasteiger partial charge in [-0.05, 0) is 75.3 Å². The highest BCUT2D eigenvalue weighted by Gasteiger charge is 2.28. The van der Waals surface area contributed by atoms with Crippen LogP contribution >= 0.6 is 0 Å². The van der Waals surface area contributed by atoms with E-state index in [-0.39, 0.29) is 23.6 Å². The van der Waals surface area contributed by atoms with Gasteiger partial charge in [0.2, 0.25) is 5.91 Å². The summed E-state index contributed by atoms with van der Waals surface area (Å²) in [4.78, 5) is 15.4. The van der Waals surface area contributed by atoms with Crippen molar-refractivity contribution in [2.24, 2.45) is 28.3 Å². The van der Waals surface area contributed by atoms with E-state index < -0.39 is 0 Å². The van der Waals surface area contributed by atoms with Gasteiger partial charge in [-0.1, -0.05) is 13.0 Å². The summed E-state index contributed by atoms with van der Waals surface area (Å²) >= 11 is 0. The molecule has 1 aliphatic carbocycles. The molecule has 0 aromatic heterocycles. The van der Waals surface area contributed by atoms with Gasteiger partial charge in [0.05, 0.1) is 6.61 Å². The topological polar surface area (TPSA) is 124 Å². The maximum Gasteiger partial charge on any atom is 0.220 e. The summed E-state index contributed by atoms with van der Waals surface area (Å²) in [5.41, 5.74) is 10.9. The van der Waals surface area contributed by atoms with E-state index in [0.29, 0.717) is 18.2 Å². The number of hydrogen-bond donors (Lipinski definition) is 3. The lowest BCUT2D eigenvalue weighted by atomic mass is 9.81. The van der Waals surface area contributed by atoms with E-state index in [0.717, 1.165) is 63.7 Å². The largest absolute Gasteiger partial charge is 0.494 e. The van der Waals surface area contributed by atoms with E-state index in [4.69, 9.17) is 26.4 Å². The Morgan fingerprint density at radius 1 is 1.03 bits per heavy atom. The SMILES string of the molecule is C=CC(N)=NCCCCCCOc1ccc(OC(=N)C2CCC(C(N)=O)CC2)cc1. The monoisotopic (exact) mass is 414 g/mol. The molecular weight excluding hydrogens is 380 g/mol. The van der Waals surface area contributed by atoms with E-state index in [2.05, 4.69) is 11.6 Å². The van der Waals surface area contributed by atoms with Gasteiger partial charge in [0.15, 0.2) is 5.90 Å². The number of rotatable bonds is 12. The van der Waals surface area contributed by atoms with E-state index in [1.807, 2.05) is 24.3 Å². The molecule has 164 valence electrons. The van der Waals surface area contributed by atoms with E-state index >= 15 is 0 Å². The Balaban J connectivity index is 1.61. The Bertz CT molecular complexity index is 722. The predicted octanol–water partition coefficient (Wildman–Crippen LogP) is 3.82. The first kappa shape index (κ1) is 23.4. The van der Waals surface area contributed by atoms with Crippen LogP contribution in [0.25, 0.3) is 0 Å². The van der Waals surface area contributed by atoms with Crippen LogP contribution < -0.4 is 20.9 Å². The van der Waals surface area contributed by atoms with Crippen molar-refractivity contribution in [3.63, 3.8) is 0 Å². The second-order valence-corrected chi connectivity index (χ2v) is 7.66. The van der Waals surface area contributed by atoms with Crippen molar-refractivity contribution in [2.45, 2.75) is 51.4 Å². The number of nitrogens with zero attached hydrogens (tertiary/aromatic N) is 1. The number of amides is 1. The number of nitrogens with two attached hydrogens (primary N) is 2. The van der Waals surface area contributed by atoms with Gasteiger partial charge >= 0.3 is 0 Å². The fraction of sp³-hybridized carbons (Fsp3) is 0.522. The standard InChI is InChI=1S/C23H34N4O3/c1-2-21(24)27-15-5-3-4-6-16-29-19-11-13-20(14-12-19)30-23(26)18-9-7-17(8-10-18)22(25)28/h2,11-14,17-18,26H,1,3-10,15-16H2,(H2,24,27)(H2,25,28). The van der Waals surface area contributed by atoms with Crippen LogP contribution in [-0.4, -0.2) is 30.8 Å². The average Bonchev–Trinajstić information content (AvgIpc) is 2.76. The maximum absolute atomic E-state index is 11.3. The Hall–Kier alpha value is -2.83.